The van der Waals surface area contributed by atoms with Gasteiger partial charge in [0.15, 0.2) is 0 Å². The van der Waals surface area contributed by atoms with Crippen molar-refractivity contribution < 1.29 is 14.3 Å². The van der Waals surface area contributed by atoms with Crippen molar-refractivity contribution in [2.24, 2.45) is 11.6 Å². The van der Waals surface area contributed by atoms with Crippen LogP contribution in [0.1, 0.15) is 0 Å². The Hall–Kier alpha value is -1.96. The number of hydrogen-bond acceptors (Lipinski definition) is 5. The second-order valence-electron chi connectivity index (χ2n) is 1.49. The van der Waals surface area contributed by atoms with Crippen LogP contribution < -0.4 is 27.9 Å². The number of urea groups is 1. The molecule has 0 radical (unpaired) electrons. The van der Waals surface area contributed by atoms with E-state index in [1.54, 1.807) is 5.43 Å². The van der Waals surface area contributed by atoms with E-state index in [4.69, 9.17) is 0 Å². The minimum Gasteiger partial charge on any atom is -0.416 e. The van der Waals surface area contributed by atoms with Gasteiger partial charge in [-0.2, -0.15) is 0 Å². The van der Waals surface area contributed by atoms with Gasteiger partial charge in [0, 0.05) is 0 Å². The van der Waals surface area contributed by atoms with Crippen LogP contribution in [-0.4, -0.2) is 12.1 Å². The summed E-state index contributed by atoms with van der Waals surface area (Å²) in [6, 6.07) is -0.761. The first-order valence-corrected chi connectivity index (χ1v) is 2.80. The van der Waals surface area contributed by atoms with Crippen molar-refractivity contribution in [1.29, 1.82) is 0 Å². The first-order valence-electron chi connectivity index (χ1n) is 2.80. The zero-order chi connectivity index (χ0) is 9.40. The minimum atomic E-state index is -0.827. The lowest BCUT2D eigenvalue weighted by molar-refractivity contribution is 0.185. The fourth-order valence-corrected chi connectivity index (χ4v) is 0.277. The Morgan fingerprint density at radius 3 is 2.58 bits per heavy atom. The molecule has 0 bridgehead atoms. The Bertz CT molecular complexity index is 191. The third-order valence-corrected chi connectivity index (χ3v) is 0.640. The maximum absolute atomic E-state index is 10.3. The number of carbonyl (C=O) groups is 2. The van der Waals surface area contributed by atoms with E-state index in [0.29, 0.717) is 0 Å². The molecule has 0 aromatic heterocycles. The molecule has 8 nitrogen and oxygen atoms in total. The van der Waals surface area contributed by atoms with Crippen LogP contribution in [0.15, 0.2) is 12.5 Å². The summed E-state index contributed by atoms with van der Waals surface area (Å²) in [4.78, 5) is 20.3. The number of primary amides is 1. The largest absolute Gasteiger partial charge is 0.426 e. The first-order chi connectivity index (χ1) is 5.66. The molecule has 0 fully saturated rings. The average molecular weight is 175 g/mol. The predicted octanol–water partition coefficient (Wildman–Crippen LogP) is -1.77. The number of carbonyl (C=O) groups excluding carboxylic acids is 2. The Kier molecular flexibility index (Phi) is 4.85. The summed E-state index contributed by atoms with van der Waals surface area (Å²) in [5, 5.41) is 0. The van der Waals surface area contributed by atoms with Gasteiger partial charge in [-0.1, -0.05) is 0 Å². The number of nitrogens with two attached hydrogens (primary N) is 2. The van der Waals surface area contributed by atoms with Crippen LogP contribution in [0.4, 0.5) is 9.59 Å². The van der Waals surface area contributed by atoms with E-state index in [9.17, 15) is 9.59 Å². The summed E-state index contributed by atoms with van der Waals surface area (Å²) < 4.78 is 4.26. The van der Waals surface area contributed by atoms with Crippen LogP contribution >= 0.6 is 0 Å². The molecule has 0 aliphatic rings. The first kappa shape index (κ1) is 10.0. The highest BCUT2D eigenvalue weighted by Gasteiger charge is 1.91. The van der Waals surface area contributed by atoms with Crippen molar-refractivity contribution in [3.8, 4) is 0 Å². The molecule has 0 saturated carbocycles. The SMILES string of the molecule is NNC(=O)O/C=C/NNC(N)=O. The molecule has 0 unspecified atom stereocenters. The highest BCUT2D eigenvalue weighted by Crippen LogP contribution is 1.74. The lowest BCUT2D eigenvalue weighted by atomic mass is 10.9. The fraction of sp³-hybridized carbons (Fsp3) is 0. The number of ether oxygens (including phenoxy) is 1. The monoisotopic (exact) mass is 175 g/mol. The highest BCUT2D eigenvalue weighted by molar-refractivity contribution is 5.71. The molecule has 0 atom stereocenters. The minimum absolute atomic E-state index is 0.761. The zero-order valence-corrected chi connectivity index (χ0v) is 6.03. The van der Waals surface area contributed by atoms with Crippen molar-refractivity contribution in [3.05, 3.63) is 12.5 Å². The average Bonchev–Trinajstić information content (AvgIpc) is 2.03. The van der Waals surface area contributed by atoms with E-state index in [1.807, 2.05) is 5.43 Å². The van der Waals surface area contributed by atoms with Crippen molar-refractivity contribution in [3.63, 3.8) is 0 Å². The third kappa shape index (κ3) is 6.16. The third-order valence-electron chi connectivity index (χ3n) is 0.640. The summed E-state index contributed by atoms with van der Waals surface area (Å²) in [6.07, 6.45) is 1.28. The molecule has 0 aliphatic heterocycles. The molecule has 0 spiro atoms. The van der Waals surface area contributed by atoms with Crippen molar-refractivity contribution in [2.75, 3.05) is 0 Å². The van der Waals surface area contributed by atoms with Gasteiger partial charge in [0.2, 0.25) is 0 Å². The topological polar surface area (TPSA) is 132 Å². The standard InChI is InChI=1S/C4H9N5O3/c5-3(10)9-7-1-2-12-4(11)8-6/h1-2,7H,6H2,(H,8,11)(H3,5,9,10)/b2-1+. The summed E-state index contributed by atoms with van der Waals surface area (Å²) in [6.45, 7) is 0. The Morgan fingerprint density at radius 2 is 2.08 bits per heavy atom. The number of nitrogens with one attached hydrogen (secondary N) is 3. The van der Waals surface area contributed by atoms with Gasteiger partial charge in [-0.25, -0.2) is 15.4 Å². The van der Waals surface area contributed by atoms with Crippen LogP contribution in [0, 0.1) is 0 Å². The maximum atomic E-state index is 10.3. The molecule has 8 heteroatoms. The van der Waals surface area contributed by atoms with Crippen molar-refractivity contribution in [2.45, 2.75) is 0 Å². The molecule has 7 N–H and O–H groups in total. The van der Waals surface area contributed by atoms with E-state index in [1.165, 1.54) is 0 Å². The van der Waals surface area contributed by atoms with Gasteiger partial charge in [0.05, 0.1) is 6.20 Å². The van der Waals surface area contributed by atoms with E-state index in [-0.39, 0.29) is 0 Å². The van der Waals surface area contributed by atoms with E-state index >= 15 is 0 Å². The van der Waals surface area contributed by atoms with Crippen LogP contribution in [0.25, 0.3) is 0 Å². The smallest absolute Gasteiger partial charge is 0.416 e. The molecule has 0 saturated heterocycles. The van der Waals surface area contributed by atoms with E-state index in [0.717, 1.165) is 12.5 Å². The van der Waals surface area contributed by atoms with Crippen LogP contribution in [0.3, 0.4) is 0 Å². The van der Waals surface area contributed by atoms with Gasteiger partial charge in [-0.3, -0.25) is 10.9 Å². The summed E-state index contributed by atoms with van der Waals surface area (Å²) in [5.74, 6) is 4.67. The van der Waals surface area contributed by atoms with Gasteiger partial charge < -0.3 is 15.9 Å². The predicted molar refractivity (Wildman–Crippen MR) is 38.8 cm³/mol. The normalized spacial score (nSPS) is 9.08. The van der Waals surface area contributed by atoms with Crippen LogP contribution in [0.5, 0.6) is 0 Å². The number of rotatable bonds is 3. The summed E-state index contributed by atoms with van der Waals surface area (Å²) in [5.41, 5.74) is 10.6. The lowest BCUT2D eigenvalue weighted by Crippen LogP contribution is -2.37. The molecule has 68 valence electrons. The molecule has 3 amide bonds. The highest BCUT2D eigenvalue weighted by atomic mass is 16.5. The Balaban J connectivity index is 3.37. The number of amides is 3. The molecular weight excluding hydrogens is 166 g/mol. The van der Waals surface area contributed by atoms with Crippen LogP contribution in [-0.2, 0) is 4.74 Å². The van der Waals surface area contributed by atoms with Crippen LogP contribution in [0.2, 0.25) is 0 Å². The second-order valence-corrected chi connectivity index (χ2v) is 1.49. The lowest BCUT2D eigenvalue weighted by Gasteiger charge is -1.98. The summed E-state index contributed by atoms with van der Waals surface area (Å²) >= 11 is 0. The second kappa shape index (κ2) is 5.80. The Morgan fingerprint density at radius 1 is 1.42 bits per heavy atom. The molecule has 12 heavy (non-hydrogen) atoms. The van der Waals surface area contributed by atoms with Crippen molar-refractivity contribution in [1.82, 2.24) is 16.3 Å². The molecular formula is C4H9N5O3. The van der Waals surface area contributed by atoms with Gasteiger partial charge in [0.1, 0.15) is 6.26 Å². The number of hydrazine groups is 2. The number of hydrogen-bond donors (Lipinski definition) is 5. The maximum Gasteiger partial charge on any atom is 0.426 e. The molecule has 0 heterocycles. The summed E-state index contributed by atoms with van der Waals surface area (Å²) in [7, 11) is 0. The Labute approximate surface area is 67.9 Å². The van der Waals surface area contributed by atoms with E-state index in [2.05, 4.69) is 21.7 Å². The van der Waals surface area contributed by atoms with Gasteiger partial charge >= 0.3 is 12.1 Å². The van der Waals surface area contributed by atoms with Gasteiger partial charge in [-0.15, -0.1) is 0 Å². The molecule has 0 aromatic carbocycles. The zero-order valence-electron chi connectivity index (χ0n) is 6.03. The molecule has 0 aromatic rings. The van der Waals surface area contributed by atoms with E-state index < -0.39 is 12.1 Å². The fourth-order valence-electron chi connectivity index (χ4n) is 0.277. The quantitative estimate of drug-likeness (QED) is 0.150. The van der Waals surface area contributed by atoms with Gasteiger partial charge in [-0.05, 0) is 0 Å². The molecule has 0 aliphatic carbocycles. The van der Waals surface area contributed by atoms with Crippen molar-refractivity contribution >= 4 is 12.1 Å². The molecule has 0 rings (SSSR count). The van der Waals surface area contributed by atoms with Gasteiger partial charge in [0.25, 0.3) is 0 Å².